The minimum absolute atomic E-state index is 0.129. The number of ether oxygens (including phenoxy) is 2. The van der Waals surface area contributed by atoms with E-state index in [2.05, 4.69) is 4.90 Å². The van der Waals surface area contributed by atoms with Gasteiger partial charge in [-0.15, -0.1) is 0 Å². The van der Waals surface area contributed by atoms with Gasteiger partial charge in [0.05, 0.1) is 7.11 Å². The van der Waals surface area contributed by atoms with Gasteiger partial charge in [0.2, 0.25) is 0 Å². The van der Waals surface area contributed by atoms with Gasteiger partial charge in [0.25, 0.3) is 0 Å². The Labute approximate surface area is 156 Å². The molecule has 0 aromatic heterocycles. The zero-order valence-corrected chi connectivity index (χ0v) is 16.4. The van der Waals surface area contributed by atoms with Crippen LogP contribution in [0.4, 0.5) is 4.79 Å². The van der Waals surface area contributed by atoms with Crippen molar-refractivity contribution in [1.29, 1.82) is 0 Å². The smallest absolute Gasteiger partial charge is 0.319 e. The summed E-state index contributed by atoms with van der Waals surface area (Å²) in [5.41, 5.74) is 1.16. The molecule has 1 aromatic carbocycles. The van der Waals surface area contributed by atoms with Gasteiger partial charge in [0, 0.05) is 46.3 Å². The number of aryl methyl sites for hydroxylation is 1. The molecular formula is C20H31N3O3. The second-order valence-corrected chi connectivity index (χ2v) is 7.68. The summed E-state index contributed by atoms with van der Waals surface area (Å²) in [5.74, 6) is 2.14. The van der Waals surface area contributed by atoms with Crippen LogP contribution in [0.15, 0.2) is 18.2 Å². The fourth-order valence-corrected chi connectivity index (χ4v) is 4.06. The van der Waals surface area contributed by atoms with Crippen molar-refractivity contribution in [1.82, 2.24) is 14.7 Å². The van der Waals surface area contributed by atoms with Crippen molar-refractivity contribution in [2.45, 2.75) is 25.8 Å². The van der Waals surface area contributed by atoms with Crippen LogP contribution in [0.1, 0.15) is 18.4 Å². The van der Waals surface area contributed by atoms with Gasteiger partial charge in [-0.05, 0) is 43.4 Å². The molecule has 0 spiro atoms. The van der Waals surface area contributed by atoms with Crippen LogP contribution in [0.2, 0.25) is 0 Å². The van der Waals surface area contributed by atoms with Crippen LogP contribution in [-0.4, -0.2) is 80.8 Å². The summed E-state index contributed by atoms with van der Waals surface area (Å²) in [5, 5.41) is 0. The number of carbonyl (C=O) groups is 1. The van der Waals surface area contributed by atoms with E-state index in [1.807, 2.05) is 44.1 Å². The number of fused-ring (bicyclic) bond motifs is 4. The highest BCUT2D eigenvalue weighted by Gasteiger charge is 2.36. The molecule has 2 atom stereocenters. The van der Waals surface area contributed by atoms with E-state index in [-0.39, 0.29) is 6.03 Å². The number of urea groups is 1. The van der Waals surface area contributed by atoms with Crippen LogP contribution in [-0.2, 0) is 0 Å². The van der Waals surface area contributed by atoms with Crippen molar-refractivity contribution < 1.29 is 14.3 Å². The molecule has 0 unspecified atom stereocenters. The third kappa shape index (κ3) is 4.23. The summed E-state index contributed by atoms with van der Waals surface area (Å²) in [7, 11) is 5.33. The average molecular weight is 361 g/mol. The van der Waals surface area contributed by atoms with Crippen LogP contribution in [0, 0.1) is 12.8 Å². The second kappa shape index (κ2) is 8.16. The van der Waals surface area contributed by atoms with Crippen molar-refractivity contribution in [2.24, 2.45) is 5.92 Å². The lowest BCUT2D eigenvalue weighted by Crippen LogP contribution is -2.47. The third-order valence-corrected chi connectivity index (χ3v) is 5.44. The lowest BCUT2D eigenvalue weighted by atomic mass is 9.95. The molecule has 1 aromatic rings. The van der Waals surface area contributed by atoms with E-state index in [1.54, 1.807) is 12.0 Å². The van der Waals surface area contributed by atoms with Crippen molar-refractivity contribution in [3.05, 3.63) is 23.8 Å². The number of carbonyl (C=O) groups excluding carboxylic acids is 1. The van der Waals surface area contributed by atoms with Crippen molar-refractivity contribution in [3.8, 4) is 11.5 Å². The fraction of sp³-hybridized carbons (Fsp3) is 0.650. The predicted molar refractivity (Wildman–Crippen MR) is 102 cm³/mol. The van der Waals surface area contributed by atoms with E-state index in [0.29, 0.717) is 18.6 Å². The molecule has 26 heavy (non-hydrogen) atoms. The van der Waals surface area contributed by atoms with Gasteiger partial charge in [0.1, 0.15) is 6.61 Å². The molecular weight excluding hydrogens is 330 g/mol. The Morgan fingerprint density at radius 1 is 1.19 bits per heavy atom. The fourth-order valence-electron chi connectivity index (χ4n) is 4.06. The standard InChI is InChI=1S/C20H31N3O3/c1-15-5-8-18(19(11-15)25-4)26-10-9-22-12-16-6-7-17(22)14-23(13-16)20(24)21(2)3/h5,8,11,16-17H,6-7,9-10,12-14H2,1-4H3/t16-,17-/m0/s1. The number of rotatable bonds is 5. The van der Waals surface area contributed by atoms with Gasteiger partial charge in [-0.1, -0.05) is 6.07 Å². The van der Waals surface area contributed by atoms with Crippen LogP contribution >= 0.6 is 0 Å². The van der Waals surface area contributed by atoms with E-state index in [1.165, 1.54) is 6.42 Å². The van der Waals surface area contributed by atoms with E-state index < -0.39 is 0 Å². The molecule has 0 N–H and O–H groups in total. The number of nitrogens with zero attached hydrogens (tertiary/aromatic N) is 3. The Morgan fingerprint density at radius 3 is 2.73 bits per heavy atom. The SMILES string of the molecule is COc1cc(C)ccc1OCCN1C[C@@H]2CC[C@H]1CN(C(=O)N(C)C)C2. The molecule has 0 aliphatic carbocycles. The Hall–Kier alpha value is -1.95. The molecule has 2 bridgehead atoms. The number of benzene rings is 1. The van der Waals surface area contributed by atoms with Gasteiger partial charge in [-0.2, -0.15) is 0 Å². The van der Waals surface area contributed by atoms with Crippen molar-refractivity contribution in [2.75, 3.05) is 54.0 Å². The van der Waals surface area contributed by atoms with Crippen molar-refractivity contribution in [3.63, 3.8) is 0 Å². The van der Waals surface area contributed by atoms with Crippen molar-refractivity contribution >= 4 is 6.03 Å². The zero-order valence-electron chi connectivity index (χ0n) is 16.4. The minimum atomic E-state index is 0.129. The van der Waals surface area contributed by atoms with Crippen LogP contribution in [0.3, 0.4) is 0 Å². The van der Waals surface area contributed by atoms with Gasteiger partial charge in [-0.25, -0.2) is 4.79 Å². The molecule has 0 radical (unpaired) electrons. The van der Waals surface area contributed by atoms with Gasteiger partial charge in [-0.3, -0.25) is 4.90 Å². The highest BCUT2D eigenvalue weighted by atomic mass is 16.5. The Bertz CT molecular complexity index is 635. The number of methoxy groups -OCH3 is 1. The normalized spacial score (nSPS) is 22.8. The Morgan fingerprint density at radius 2 is 2.00 bits per heavy atom. The lowest BCUT2D eigenvalue weighted by Gasteiger charge is -2.35. The molecule has 3 saturated heterocycles. The van der Waals surface area contributed by atoms with Gasteiger partial charge >= 0.3 is 6.03 Å². The summed E-state index contributed by atoms with van der Waals surface area (Å²) in [6.45, 7) is 6.29. The average Bonchev–Trinajstić information content (AvgIpc) is 2.93. The van der Waals surface area contributed by atoms with E-state index in [9.17, 15) is 4.79 Å². The largest absolute Gasteiger partial charge is 0.493 e. The number of piperidine rings is 1. The first-order chi connectivity index (χ1) is 12.5. The number of amides is 2. The van der Waals surface area contributed by atoms with Crippen LogP contribution < -0.4 is 9.47 Å². The second-order valence-electron chi connectivity index (χ2n) is 7.68. The molecule has 2 amide bonds. The quantitative estimate of drug-likeness (QED) is 0.808. The monoisotopic (exact) mass is 361 g/mol. The maximum absolute atomic E-state index is 12.4. The molecule has 6 heteroatoms. The molecule has 3 aliphatic heterocycles. The topological polar surface area (TPSA) is 45.3 Å². The Balaban J connectivity index is 1.57. The first-order valence-electron chi connectivity index (χ1n) is 9.45. The van der Waals surface area contributed by atoms with Gasteiger partial charge in [0.15, 0.2) is 11.5 Å². The summed E-state index contributed by atoms with van der Waals surface area (Å²) < 4.78 is 11.4. The predicted octanol–water partition coefficient (Wildman–Crippen LogP) is 2.46. The lowest BCUT2D eigenvalue weighted by molar-refractivity contribution is 0.109. The maximum atomic E-state index is 12.4. The summed E-state index contributed by atoms with van der Waals surface area (Å²) in [6, 6.07) is 6.57. The summed E-state index contributed by atoms with van der Waals surface area (Å²) in [4.78, 5) is 18.6. The highest BCUT2D eigenvalue weighted by Crippen LogP contribution is 2.30. The molecule has 144 valence electrons. The van der Waals surface area contributed by atoms with E-state index in [4.69, 9.17) is 9.47 Å². The minimum Gasteiger partial charge on any atom is -0.493 e. The first-order valence-corrected chi connectivity index (χ1v) is 9.45. The molecule has 0 saturated carbocycles. The van der Waals surface area contributed by atoms with Crippen LogP contribution in [0.5, 0.6) is 11.5 Å². The third-order valence-electron chi connectivity index (χ3n) is 5.44. The molecule has 3 aliphatic rings. The molecule has 4 rings (SSSR count). The first kappa shape index (κ1) is 18.8. The highest BCUT2D eigenvalue weighted by molar-refractivity contribution is 5.74. The molecule has 6 nitrogen and oxygen atoms in total. The van der Waals surface area contributed by atoms with Crippen LogP contribution in [0.25, 0.3) is 0 Å². The zero-order chi connectivity index (χ0) is 18.7. The number of hydrogen-bond donors (Lipinski definition) is 0. The molecule has 3 fully saturated rings. The summed E-state index contributed by atoms with van der Waals surface area (Å²) >= 11 is 0. The summed E-state index contributed by atoms with van der Waals surface area (Å²) in [6.07, 6.45) is 2.38. The number of hydrogen-bond acceptors (Lipinski definition) is 4. The van der Waals surface area contributed by atoms with E-state index in [0.717, 1.165) is 49.7 Å². The molecule has 3 heterocycles. The van der Waals surface area contributed by atoms with E-state index >= 15 is 0 Å². The van der Waals surface area contributed by atoms with Gasteiger partial charge < -0.3 is 19.3 Å². The Kier molecular flexibility index (Phi) is 5.91. The maximum Gasteiger partial charge on any atom is 0.319 e.